The topological polar surface area (TPSA) is 39.2 Å². The van der Waals surface area contributed by atoms with Crippen LogP contribution in [-0.2, 0) is 19.2 Å². The van der Waals surface area contributed by atoms with Gasteiger partial charge in [-0.2, -0.15) is 13.2 Å². The number of thiazole rings is 1. The molecule has 0 bridgehead atoms. The molecule has 0 fully saturated rings. The second kappa shape index (κ2) is 7.70. The highest BCUT2D eigenvalue weighted by Crippen LogP contribution is 2.30. The number of carbonyl (C=O) groups is 1. The van der Waals surface area contributed by atoms with Gasteiger partial charge in [0.25, 0.3) is 0 Å². The number of benzene rings is 2. The maximum Gasteiger partial charge on any atom is 0.434 e. The van der Waals surface area contributed by atoms with Crippen molar-refractivity contribution in [3.05, 3.63) is 81.8 Å². The second-order valence-corrected chi connectivity index (χ2v) is 6.41. The van der Waals surface area contributed by atoms with Crippen LogP contribution in [0.5, 0.6) is 5.75 Å². The molecule has 0 amide bonds. The van der Waals surface area contributed by atoms with Crippen molar-refractivity contribution in [2.75, 3.05) is 0 Å². The summed E-state index contributed by atoms with van der Waals surface area (Å²) in [5, 5.41) is 0.718. The van der Waals surface area contributed by atoms with Crippen LogP contribution in [0.3, 0.4) is 0 Å². The summed E-state index contributed by atoms with van der Waals surface area (Å²) in [7, 11) is 0. The van der Waals surface area contributed by atoms with Crippen molar-refractivity contribution in [3.8, 4) is 5.75 Å². The van der Waals surface area contributed by atoms with Gasteiger partial charge in [0.05, 0.1) is 0 Å². The molecule has 0 aliphatic carbocycles. The first-order valence-corrected chi connectivity index (χ1v) is 8.61. The zero-order chi connectivity index (χ0) is 18.6. The first-order chi connectivity index (χ1) is 12.4. The van der Waals surface area contributed by atoms with Gasteiger partial charge in [-0.25, -0.2) is 4.98 Å². The smallest absolute Gasteiger partial charge is 0.434 e. The molecular weight excluding hydrogens is 363 g/mol. The van der Waals surface area contributed by atoms with Gasteiger partial charge in [-0.3, -0.25) is 4.79 Å². The van der Waals surface area contributed by atoms with Crippen molar-refractivity contribution in [2.24, 2.45) is 0 Å². The molecule has 0 N–H and O–H groups in total. The molecule has 0 saturated heterocycles. The van der Waals surface area contributed by atoms with Crippen molar-refractivity contribution in [1.29, 1.82) is 0 Å². The first-order valence-electron chi connectivity index (χ1n) is 7.73. The van der Waals surface area contributed by atoms with Crippen LogP contribution in [0.1, 0.15) is 26.6 Å². The summed E-state index contributed by atoms with van der Waals surface area (Å²) in [6.07, 6.45) is -4.55. The highest BCUT2D eigenvalue weighted by atomic mass is 32.1. The van der Waals surface area contributed by atoms with E-state index in [1.54, 1.807) is 24.3 Å². The molecule has 3 aromatic rings. The minimum atomic E-state index is -4.53. The first kappa shape index (κ1) is 18.1. The molecule has 3 nitrogen and oxygen atoms in total. The summed E-state index contributed by atoms with van der Waals surface area (Å²) in [5.74, 6) is 0.210. The van der Waals surface area contributed by atoms with E-state index < -0.39 is 17.7 Å². The van der Waals surface area contributed by atoms with Crippen LogP contribution in [0, 0.1) is 0 Å². The third-order valence-electron chi connectivity index (χ3n) is 3.57. The van der Waals surface area contributed by atoms with Gasteiger partial charge in [-0.05, 0) is 23.3 Å². The molecule has 0 radical (unpaired) electrons. The molecule has 0 aliphatic heterocycles. The van der Waals surface area contributed by atoms with E-state index >= 15 is 0 Å². The van der Waals surface area contributed by atoms with E-state index in [4.69, 9.17) is 4.74 Å². The van der Waals surface area contributed by atoms with Crippen LogP contribution < -0.4 is 4.74 Å². The van der Waals surface area contributed by atoms with E-state index in [0.29, 0.717) is 29.3 Å². The van der Waals surface area contributed by atoms with E-state index in [0.717, 1.165) is 10.9 Å². The minimum absolute atomic E-state index is 0.0101. The predicted octanol–water partition coefficient (Wildman–Crippen LogP) is 5.17. The number of hydrogen-bond donors (Lipinski definition) is 0. The number of ether oxygens (including phenoxy) is 1. The van der Waals surface area contributed by atoms with E-state index in [-0.39, 0.29) is 11.4 Å². The van der Waals surface area contributed by atoms with Crippen molar-refractivity contribution >= 4 is 17.1 Å². The Hall–Kier alpha value is -2.67. The van der Waals surface area contributed by atoms with Crippen molar-refractivity contribution in [1.82, 2.24) is 4.98 Å². The van der Waals surface area contributed by atoms with Crippen LogP contribution in [0.15, 0.2) is 60.0 Å². The number of ketones is 1. The molecule has 134 valence electrons. The highest BCUT2D eigenvalue weighted by molar-refractivity contribution is 7.11. The largest absolute Gasteiger partial charge is 0.489 e. The molecular formula is C19H14F3NO2S. The lowest BCUT2D eigenvalue weighted by atomic mass is 10.1. The lowest BCUT2D eigenvalue weighted by molar-refractivity contribution is -0.140. The number of rotatable bonds is 6. The summed E-state index contributed by atoms with van der Waals surface area (Å²) < 4.78 is 43.3. The van der Waals surface area contributed by atoms with Gasteiger partial charge in [0.2, 0.25) is 0 Å². The number of alkyl halides is 3. The lowest BCUT2D eigenvalue weighted by Gasteiger charge is -2.07. The van der Waals surface area contributed by atoms with Crippen LogP contribution in [-0.4, -0.2) is 10.8 Å². The number of halogens is 3. The lowest BCUT2D eigenvalue weighted by Crippen LogP contribution is -2.08. The number of Topliss-reactive ketones (excluding diaryl/α,β-unsaturated/α-hetero) is 1. The zero-order valence-corrected chi connectivity index (χ0v) is 14.3. The fourth-order valence-electron chi connectivity index (χ4n) is 2.24. The Bertz CT molecular complexity index is 874. The molecule has 0 saturated carbocycles. The summed E-state index contributed by atoms with van der Waals surface area (Å²) in [6.45, 7) is 0.429. The van der Waals surface area contributed by atoms with Gasteiger partial charge in [0.15, 0.2) is 16.5 Å². The Morgan fingerprint density at radius 2 is 1.69 bits per heavy atom. The van der Waals surface area contributed by atoms with E-state index in [1.165, 1.54) is 0 Å². The normalized spacial score (nSPS) is 11.3. The average Bonchev–Trinajstić information content (AvgIpc) is 3.13. The van der Waals surface area contributed by atoms with Gasteiger partial charge in [-0.1, -0.05) is 42.5 Å². The third kappa shape index (κ3) is 4.70. The molecule has 7 heteroatoms. The fraction of sp³-hybridized carbons (Fsp3) is 0.158. The zero-order valence-electron chi connectivity index (χ0n) is 13.5. The maximum absolute atomic E-state index is 12.6. The van der Waals surface area contributed by atoms with E-state index in [9.17, 15) is 18.0 Å². The van der Waals surface area contributed by atoms with Crippen LogP contribution >= 0.6 is 11.3 Å². The number of hydrogen-bond acceptors (Lipinski definition) is 4. The number of carbonyl (C=O) groups excluding carboxylic acids is 1. The summed E-state index contributed by atoms with van der Waals surface area (Å²) in [6, 6.07) is 16.6. The molecule has 0 spiro atoms. The summed E-state index contributed by atoms with van der Waals surface area (Å²) in [5.41, 5.74) is 0.692. The van der Waals surface area contributed by atoms with Crippen molar-refractivity contribution in [2.45, 2.75) is 19.2 Å². The Morgan fingerprint density at radius 3 is 2.31 bits per heavy atom. The van der Waals surface area contributed by atoms with E-state index in [2.05, 4.69) is 4.98 Å². The quantitative estimate of drug-likeness (QED) is 0.557. The Kier molecular flexibility index (Phi) is 5.37. The second-order valence-electron chi connectivity index (χ2n) is 5.55. The SMILES string of the molecule is O=C(Cc1ccc(OCc2ccccc2)cc1)c1nc(C(F)(F)F)cs1. The fourth-order valence-corrected chi connectivity index (χ4v) is 3.00. The Labute approximate surface area is 152 Å². The van der Waals surface area contributed by atoms with Gasteiger partial charge in [0, 0.05) is 11.8 Å². The molecule has 0 unspecified atom stereocenters. The van der Waals surface area contributed by atoms with Gasteiger partial charge < -0.3 is 4.74 Å². The van der Waals surface area contributed by atoms with Crippen LogP contribution in [0.25, 0.3) is 0 Å². The Morgan fingerprint density at radius 1 is 1.00 bits per heavy atom. The Balaban J connectivity index is 1.58. The standard InChI is InChI=1S/C19H14F3NO2S/c20-19(21,22)17-12-26-18(23-17)16(24)10-13-6-8-15(9-7-13)25-11-14-4-2-1-3-5-14/h1-9,12H,10-11H2. The average molecular weight is 377 g/mol. The molecule has 26 heavy (non-hydrogen) atoms. The van der Waals surface area contributed by atoms with Gasteiger partial charge >= 0.3 is 6.18 Å². The molecule has 3 rings (SSSR count). The van der Waals surface area contributed by atoms with Crippen molar-refractivity contribution < 1.29 is 22.7 Å². The molecule has 0 aliphatic rings. The van der Waals surface area contributed by atoms with Gasteiger partial charge in [-0.15, -0.1) is 11.3 Å². The number of aromatic nitrogens is 1. The maximum atomic E-state index is 12.6. The summed E-state index contributed by atoms with van der Waals surface area (Å²) in [4.78, 5) is 15.5. The molecule has 1 heterocycles. The molecule has 0 atom stereocenters. The van der Waals surface area contributed by atoms with Gasteiger partial charge in [0.1, 0.15) is 12.4 Å². The van der Waals surface area contributed by atoms with Crippen LogP contribution in [0.2, 0.25) is 0 Å². The predicted molar refractivity (Wildman–Crippen MR) is 92.4 cm³/mol. The minimum Gasteiger partial charge on any atom is -0.489 e. The molecule has 1 aromatic heterocycles. The third-order valence-corrected chi connectivity index (χ3v) is 4.45. The monoisotopic (exact) mass is 377 g/mol. The highest BCUT2D eigenvalue weighted by Gasteiger charge is 2.34. The summed E-state index contributed by atoms with van der Waals surface area (Å²) >= 11 is 0.707. The van der Waals surface area contributed by atoms with E-state index in [1.807, 2.05) is 30.3 Å². The van der Waals surface area contributed by atoms with Crippen molar-refractivity contribution in [3.63, 3.8) is 0 Å². The number of nitrogens with zero attached hydrogens (tertiary/aromatic N) is 1. The van der Waals surface area contributed by atoms with Crippen LogP contribution in [0.4, 0.5) is 13.2 Å². The molecule has 2 aromatic carbocycles.